The molecule has 0 spiro atoms. The molecule has 0 amide bonds. The van der Waals surface area contributed by atoms with Crippen molar-refractivity contribution in [3.8, 4) is 0 Å². The van der Waals surface area contributed by atoms with Crippen LogP contribution in [0.5, 0.6) is 0 Å². The Bertz CT molecular complexity index is 583. The second-order valence-electron chi connectivity index (χ2n) is 6.26. The number of hydrogen-bond donors (Lipinski definition) is 2. The van der Waals surface area contributed by atoms with Crippen molar-refractivity contribution in [1.29, 1.82) is 0 Å². The monoisotopic (exact) mass is 376 g/mol. The molecule has 0 radical (unpaired) electrons. The summed E-state index contributed by atoms with van der Waals surface area (Å²) >= 11 is 3.36. The number of hydrogen-bond acceptors (Lipinski definition) is 3. The van der Waals surface area contributed by atoms with Crippen molar-refractivity contribution in [2.45, 2.75) is 39.1 Å². The Morgan fingerprint density at radius 3 is 2.38 bits per heavy atom. The van der Waals surface area contributed by atoms with Crippen LogP contribution in [0.15, 0.2) is 27.6 Å². The van der Waals surface area contributed by atoms with Crippen LogP contribution in [0, 0.1) is 11.3 Å². The third-order valence-electron chi connectivity index (χ3n) is 3.95. The van der Waals surface area contributed by atoms with Crippen molar-refractivity contribution in [2.75, 3.05) is 13.6 Å². The molecule has 0 saturated carbocycles. The van der Waals surface area contributed by atoms with E-state index in [1.807, 2.05) is 19.2 Å². The van der Waals surface area contributed by atoms with E-state index >= 15 is 0 Å². The maximum atomic E-state index is 12.4. The maximum Gasteiger partial charge on any atom is 0.241 e. The van der Waals surface area contributed by atoms with E-state index in [9.17, 15) is 8.42 Å². The molecular formula is C15H25BrN2O2S. The Hall–Kier alpha value is -0.430. The van der Waals surface area contributed by atoms with Gasteiger partial charge in [-0.3, -0.25) is 0 Å². The van der Waals surface area contributed by atoms with Gasteiger partial charge >= 0.3 is 0 Å². The summed E-state index contributed by atoms with van der Waals surface area (Å²) < 4.78 is 28.2. The van der Waals surface area contributed by atoms with E-state index in [-0.39, 0.29) is 10.3 Å². The molecule has 1 rings (SSSR count). The predicted molar refractivity (Wildman–Crippen MR) is 90.7 cm³/mol. The van der Waals surface area contributed by atoms with Crippen molar-refractivity contribution < 1.29 is 8.42 Å². The van der Waals surface area contributed by atoms with Crippen LogP contribution in [0.3, 0.4) is 0 Å². The molecule has 0 aromatic heterocycles. The van der Waals surface area contributed by atoms with Crippen molar-refractivity contribution in [3.05, 3.63) is 28.2 Å². The minimum atomic E-state index is -3.51. The minimum Gasteiger partial charge on any atom is -0.316 e. The highest BCUT2D eigenvalue weighted by Crippen LogP contribution is 2.27. The molecule has 1 aromatic rings. The van der Waals surface area contributed by atoms with Gasteiger partial charge in [-0.2, -0.15) is 0 Å². The first-order valence-corrected chi connectivity index (χ1v) is 9.30. The van der Waals surface area contributed by atoms with Gasteiger partial charge in [-0.25, -0.2) is 13.1 Å². The molecule has 0 atom stereocenters. The van der Waals surface area contributed by atoms with Crippen molar-refractivity contribution >= 4 is 26.0 Å². The second kappa shape index (κ2) is 7.22. The predicted octanol–water partition coefficient (Wildman–Crippen LogP) is 3.13. The largest absolute Gasteiger partial charge is 0.316 e. The lowest BCUT2D eigenvalue weighted by Gasteiger charge is -2.29. The highest BCUT2D eigenvalue weighted by molar-refractivity contribution is 9.10. The van der Waals surface area contributed by atoms with Gasteiger partial charge in [-0.05, 0) is 52.0 Å². The van der Waals surface area contributed by atoms with E-state index in [0.717, 1.165) is 5.56 Å². The number of halogens is 1. The summed E-state index contributed by atoms with van der Waals surface area (Å²) in [5.74, 6) is 0.390. The summed E-state index contributed by atoms with van der Waals surface area (Å²) in [6, 6.07) is 5.30. The maximum absolute atomic E-state index is 12.4. The Morgan fingerprint density at radius 1 is 1.29 bits per heavy atom. The second-order valence-corrected chi connectivity index (χ2v) is 8.85. The zero-order chi connectivity index (χ0) is 16.3. The van der Waals surface area contributed by atoms with Crippen molar-refractivity contribution in [2.24, 2.45) is 11.3 Å². The van der Waals surface area contributed by atoms with Crippen molar-refractivity contribution in [3.63, 3.8) is 0 Å². The standard InChI is InChI=1S/C15H25BrN2O2S/c1-11(2)15(3,4)10-18-21(19,20)14-7-6-12(9-17-5)8-13(14)16/h6-8,11,17-18H,9-10H2,1-5H3. The first-order valence-electron chi connectivity index (χ1n) is 7.03. The fraction of sp³-hybridized carbons (Fsp3) is 0.600. The molecule has 4 nitrogen and oxygen atoms in total. The van der Waals surface area contributed by atoms with Crippen LogP contribution in [0.1, 0.15) is 33.3 Å². The quantitative estimate of drug-likeness (QED) is 0.768. The van der Waals surface area contributed by atoms with Crippen LogP contribution in [-0.2, 0) is 16.6 Å². The number of nitrogens with one attached hydrogen (secondary N) is 2. The van der Waals surface area contributed by atoms with E-state index in [2.05, 4.69) is 53.7 Å². The molecule has 0 bridgehead atoms. The van der Waals surface area contributed by atoms with Gasteiger partial charge < -0.3 is 5.32 Å². The lowest BCUT2D eigenvalue weighted by atomic mass is 9.81. The van der Waals surface area contributed by atoms with Crippen LogP contribution in [0.2, 0.25) is 0 Å². The smallest absolute Gasteiger partial charge is 0.241 e. The molecule has 21 heavy (non-hydrogen) atoms. The molecule has 1 aromatic carbocycles. The average molecular weight is 377 g/mol. The molecular weight excluding hydrogens is 352 g/mol. The summed E-state index contributed by atoms with van der Waals surface area (Å²) in [6.07, 6.45) is 0. The van der Waals surface area contributed by atoms with Crippen LogP contribution >= 0.6 is 15.9 Å². The van der Waals surface area contributed by atoms with Gasteiger partial charge in [0.25, 0.3) is 0 Å². The average Bonchev–Trinajstić information content (AvgIpc) is 2.36. The first-order chi connectivity index (χ1) is 9.60. The van der Waals surface area contributed by atoms with Gasteiger partial charge in [0.15, 0.2) is 0 Å². The fourth-order valence-corrected chi connectivity index (χ4v) is 3.99. The Morgan fingerprint density at radius 2 is 1.90 bits per heavy atom. The summed E-state index contributed by atoms with van der Waals surface area (Å²) in [4.78, 5) is 0.280. The van der Waals surface area contributed by atoms with Gasteiger partial charge in [0.05, 0.1) is 4.90 Å². The van der Waals surface area contributed by atoms with Crippen LogP contribution < -0.4 is 10.0 Å². The minimum absolute atomic E-state index is 0.0916. The number of benzene rings is 1. The van der Waals surface area contributed by atoms with Gasteiger partial charge in [-0.15, -0.1) is 0 Å². The molecule has 120 valence electrons. The molecule has 0 aliphatic carbocycles. The molecule has 0 saturated heterocycles. The summed E-state index contributed by atoms with van der Waals surface area (Å²) in [6.45, 7) is 9.43. The third kappa shape index (κ3) is 5.06. The van der Waals surface area contributed by atoms with Gasteiger partial charge in [0.1, 0.15) is 0 Å². The fourth-order valence-electron chi connectivity index (χ4n) is 1.64. The molecule has 0 heterocycles. The zero-order valence-corrected chi connectivity index (χ0v) is 15.7. The van der Waals surface area contributed by atoms with Gasteiger partial charge in [0.2, 0.25) is 10.0 Å². The Kier molecular flexibility index (Phi) is 6.40. The summed E-state index contributed by atoms with van der Waals surface area (Å²) in [5, 5.41) is 3.04. The van der Waals surface area contributed by atoms with E-state index in [1.165, 1.54) is 0 Å². The zero-order valence-electron chi connectivity index (χ0n) is 13.3. The highest BCUT2D eigenvalue weighted by Gasteiger charge is 2.26. The number of sulfonamides is 1. The summed E-state index contributed by atoms with van der Waals surface area (Å²) in [7, 11) is -1.65. The van der Waals surface area contributed by atoms with Crippen LogP contribution in [0.25, 0.3) is 0 Å². The number of rotatable bonds is 7. The Balaban J connectivity index is 2.93. The van der Waals surface area contributed by atoms with Crippen molar-refractivity contribution in [1.82, 2.24) is 10.0 Å². The lowest BCUT2D eigenvalue weighted by Crippen LogP contribution is -2.37. The summed E-state index contributed by atoms with van der Waals surface area (Å²) in [5.41, 5.74) is 0.942. The highest BCUT2D eigenvalue weighted by atomic mass is 79.9. The molecule has 0 aliphatic heterocycles. The Labute approximate surface area is 136 Å². The van der Waals surface area contributed by atoms with Gasteiger partial charge in [-0.1, -0.05) is 33.8 Å². The van der Waals surface area contributed by atoms with Gasteiger partial charge in [0, 0.05) is 17.6 Å². The molecule has 0 unspecified atom stereocenters. The molecule has 0 fully saturated rings. The van der Waals surface area contributed by atoms with E-state index in [4.69, 9.17) is 0 Å². The lowest BCUT2D eigenvalue weighted by molar-refractivity contribution is 0.252. The SMILES string of the molecule is CNCc1ccc(S(=O)(=O)NCC(C)(C)C(C)C)c(Br)c1. The van der Waals surface area contributed by atoms with Crippen LogP contribution in [-0.4, -0.2) is 22.0 Å². The van der Waals surface area contributed by atoms with E-state index in [0.29, 0.717) is 23.5 Å². The molecule has 2 N–H and O–H groups in total. The first kappa shape index (κ1) is 18.6. The van der Waals surface area contributed by atoms with E-state index in [1.54, 1.807) is 6.07 Å². The van der Waals surface area contributed by atoms with E-state index < -0.39 is 10.0 Å². The molecule has 0 aliphatic rings. The molecule has 6 heteroatoms. The van der Waals surface area contributed by atoms with Crippen LogP contribution in [0.4, 0.5) is 0 Å². The third-order valence-corrected chi connectivity index (χ3v) is 6.33. The normalized spacial score (nSPS) is 12.9. The topological polar surface area (TPSA) is 58.2 Å².